The maximum Gasteiger partial charge on any atom is 0.422 e. The molecule has 23 heavy (non-hydrogen) atoms. The molecule has 1 aliphatic carbocycles. The van der Waals surface area contributed by atoms with Crippen molar-refractivity contribution in [2.24, 2.45) is 5.92 Å². The average molecular weight is 318 g/mol. The third kappa shape index (κ3) is 8.03. The molecule has 0 unspecified atom stereocenters. The molecule has 0 bridgehead atoms. The van der Waals surface area contributed by atoms with Crippen LogP contribution < -0.4 is 10.9 Å². The highest BCUT2D eigenvalue weighted by atomic mass is 16.6. The highest BCUT2D eigenvalue weighted by Gasteiger charge is 2.20. The molecule has 0 radical (unpaired) electrons. The molecule has 0 atom stereocenters. The minimum Gasteiger partial charge on any atom is -0.443 e. The summed E-state index contributed by atoms with van der Waals surface area (Å²) in [5, 5.41) is 0. The van der Waals surface area contributed by atoms with Crippen molar-refractivity contribution in [2.45, 2.75) is 64.9 Å². The molecule has 2 N–H and O–H groups in total. The number of aryl methyl sites for hydroxylation is 2. The van der Waals surface area contributed by atoms with Crippen LogP contribution in [0.1, 0.15) is 57.6 Å². The Morgan fingerprint density at radius 2 is 1.91 bits per heavy atom. The fourth-order valence-electron chi connectivity index (χ4n) is 2.54. The van der Waals surface area contributed by atoms with Gasteiger partial charge in [0.15, 0.2) is 0 Å². The first-order valence-electron chi connectivity index (χ1n) is 8.72. The monoisotopic (exact) mass is 318 g/mol. The number of benzene rings is 1. The predicted molar refractivity (Wildman–Crippen MR) is 93.2 cm³/mol. The zero-order chi connectivity index (χ0) is 16.7. The maximum absolute atomic E-state index is 11.5. The molecule has 0 aliphatic heterocycles. The van der Waals surface area contributed by atoms with Crippen LogP contribution in [0.5, 0.6) is 0 Å². The zero-order valence-electron chi connectivity index (χ0n) is 14.7. The summed E-state index contributed by atoms with van der Waals surface area (Å²) in [6.45, 7) is 6.28. The van der Waals surface area contributed by atoms with Gasteiger partial charge in [0.25, 0.3) is 0 Å². The van der Waals surface area contributed by atoms with E-state index in [2.05, 4.69) is 35.1 Å². The van der Waals surface area contributed by atoms with Gasteiger partial charge in [-0.15, -0.1) is 0 Å². The second-order valence-electron chi connectivity index (χ2n) is 7.46. The van der Waals surface area contributed by atoms with E-state index >= 15 is 0 Å². The molecular formula is C19H30N2O2. The van der Waals surface area contributed by atoms with Crippen molar-refractivity contribution in [1.29, 1.82) is 0 Å². The second-order valence-corrected chi connectivity index (χ2v) is 7.46. The van der Waals surface area contributed by atoms with Crippen molar-refractivity contribution in [3.63, 3.8) is 0 Å². The normalized spacial score (nSPS) is 14.6. The summed E-state index contributed by atoms with van der Waals surface area (Å²) in [7, 11) is 0. The van der Waals surface area contributed by atoms with Gasteiger partial charge < -0.3 is 4.74 Å². The Kier molecular flexibility index (Phi) is 6.46. The van der Waals surface area contributed by atoms with E-state index in [1.165, 1.54) is 36.8 Å². The molecule has 128 valence electrons. The lowest BCUT2D eigenvalue weighted by molar-refractivity contribution is 0.0498. The van der Waals surface area contributed by atoms with Crippen molar-refractivity contribution in [2.75, 3.05) is 6.54 Å². The summed E-state index contributed by atoms with van der Waals surface area (Å²) in [4.78, 5) is 11.5. The quantitative estimate of drug-likeness (QED) is 0.563. The summed E-state index contributed by atoms with van der Waals surface area (Å²) < 4.78 is 5.16. The molecule has 1 aliphatic rings. The number of carbonyl (C=O) groups is 1. The van der Waals surface area contributed by atoms with Crippen molar-refractivity contribution in [3.05, 3.63) is 35.4 Å². The van der Waals surface area contributed by atoms with Crippen LogP contribution in [0, 0.1) is 5.92 Å². The predicted octanol–water partition coefficient (Wildman–Crippen LogP) is 3.99. The fraction of sp³-hybridized carbons (Fsp3) is 0.632. The molecule has 1 aromatic rings. The molecule has 1 aromatic carbocycles. The number of carbonyl (C=O) groups excluding carboxylic acids is 1. The topological polar surface area (TPSA) is 50.4 Å². The molecule has 0 saturated heterocycles. The van der Waals surface area contributed by atoms with Gasteiger partial charge in [-0.2, -0.15) is 0 Å². The van der Waals surface area contributed by atoms with Crippen molar-refractivity contribution in [1.82, 2.24) is 10.9 Å². The summed E-state index contributed by atoms with van der Waals surface area (Å²) >= 11 is 0. The zero-order valence-corrected chi connectivity index (χ0v) is 14.7. The Bertz CT molecular complexity index is 504. The lowest BCUT2D eigenvalue weighted by Gasteiger charge is -2.19. The van der Waals surface area contributed by atoms with Crippen molar-refractivity contribution < 1.29 is 9.53 Å². The van der Waals surface area contributed by atoms with Gasteiger partial charge in [0, 0.05) is 6.54 Å². The maximum atomic E-state index is 11.5. The standard InChI is InChI=1S/C19H30N2O2/c1-19(2,3)23-18(22)21-20-13-5-8-16-6-4-7-17(14-16)12-11-15-9-10-15/h4,6-7,14-15,20H,5,8-13H2,1-3H3,(H,21,22). The second kappa shape index (κ2) is 8.34. The highest BCUT2D eigenvalue weighted by molar-refractivity contribution is 5.66. The van der Waals surface area contributed by atoms with Crippen molar-refractivity contribution in [3.8, 4) is 0 Å². The number of ether oxygens (including phenoxy) is 1. The van der Waals surface area contributed by atoms with E-state index in [4.69, 9.17) is 4.74 Å². The summed E-state index contributed by atoms with van der Waals surface area (Å²) in [6.07, 6.45) is 6.95. The minimum atomic E-state index is -0.466. The van der Waals surface area contributed by atoms with Gasteiger partial charge in [-0.25, -0.2) is 10.2 Å². The summed E-state index contributed by atoms with van der Waals surface area (Å²) in [5.74, 6) is 0.988. The Balaban J connectivity index is 1.60. The largest absolute Gasteiger partial charge is 0.443 e. The van der Waals surface area contributed by atoms with E-state index in [1.54, 1.807) is 0 Å². The Morgan fingerprint density at radius 1 is 1.22 bits per heavy atom. The molecule has 1 saturated carbocycles. The van der Waals surface area contributed by atoms with Crippen LogP contribution in [-0.2, 0) is 17.6 Å². The number of hydrogen-bond acceptors (Lipinski definition) is 3. The van der Waals surface area contributed by atoms with Gasteiger partial charge in [-0.05, 0) is 63.5 Å². The lowest BCUT2D eigenvalue weighted by Crippen LogP contribution is -2.41. The van der Waals surface area contributed by atoms with E-state index in [1.807, 2.05) is 20.8 Å². The van der Waals surface area contributed by atoms with Gasteiger partial charge >= 0.3 is 6.09 Å². The summed E-state index contributed by atoms with van der Waals surface area (Å²) in [5.41, 5.74) is 7.84. The van der Waals surface area contributed by atoms with Crippen LogP contribution in [0.25, 0.3) is 0 Å². The Labute approximate surface area is 140 Å². The van der Waals surface area contributed by atoms with Crippen LogP contribution >= 0.6 is 0 Å². The van der Waals surface area contributed by atoms with E-state index in [-0.39, 0.29) is 0 Å². The first-order valence-corrected chi connectivity index (χ1v) is 8.72. The fourth-order valence-corrected chi connectivity index (χ4v) is 2.54. The Hall–Kier alpha value is -1.55. The number of rotatable bonds is 8. The molecule has 0 aromatic heterocycles. The SMILES string of the molecule is CC(C)(C)OC(=O)NNCCCc1cccc(CCC2CC2)c1. The smallest absolute Gasteiger partial charge is 0.422 e. The van der Waals surface area contributed by atoms with E-state index in [9.17, 15) is 4.79 Å². The number of amides is 1. The van der Waals surface area contributed by atoms with Gasteiger partial charge in [0.2, 0.25) is 0 Å². The van der Waals surface area contributed by atoms with Gasteiger partial charge in [-0.3, -0.25) is 5.43 Å². The highest BCUT2D eigenvalue weighted by Crippen LogP contribution is 2.33. The molecular weight excluding hydrogens is 288 g/mol. The average Bonchev–Trinajstić information content (AvgIpc) is 3.27. The number of hydrazine groups is 1. The Morgan fingerprint density at radius 3 is 2.57 bits per heavy atom. The van der Waals surface area contributed by atoms with Gasteiger partial charge in [-0.1, -0.05) is 37.1 Å². The molecule has 1 fully saturated rings. The van der Waals surface area contributed by atoms with Crippen LogP contribution in [0.2, 0.25) is 0 Å². The first kappa shape index (κ1) is 17.8. The van der Waals surface area contributed by atoms with E-state index in [0.29, 0.717) is 0 Å². The van der Waals surface area contributed by atoms with Crippen molar-refractivity contribution >= 4 is 6.09 Å². The van der Waals surface area contributed by atoms with Gasteiger partial charge in [0.1, 0.15) is 5.60 Å². The molecule has 4 heteroatoms. The molecule has 0 heterocycles. The lowest BCUT2D eigenvalue weighted by atomic mass is 10.0. The van der Waals surface area contributed by atoms with Crippen LogP contribution in [-0.4, -0.2) is 18.2 Å². The van der Waals surface area contributed by atoms with Crippen LogP contribution in [0.15, 0.2) is 24.3 Å². The molecule has 1 amide bonds. The molecule has 4 nitrogen and oxygen atoms in total. The van der Waals surface area contributed by atoms with Crippen LogP contribution in [0.4, 0.5) is 4.79 Å². The van der Waals surface area contributed by atoms with E-state index in [0.717, 1.165) is 25.3 Å². The number of nitrogens with one attached hydrogen (secondary N) is 2. The third-order valence-corrected chi connectivity index (χ3v) is 3.89. The molecule has 0 spiro atoms. The molecule has 2 rings (SSSR count). The van der Waals surface area contributed by atoms with E-state index < -0.39 is 11.7 Å². The third-order valence-electron chi connectivity index (χ3n) is 3.89. The van der Waals surface area contributed by atoms with Gasteiger partial charge in [0.05, 0.1) is 0 Å². The summed E-state index contributed by atoms with van der Waals surface area (Å²) in [6, 6.07) is 8.89. The first-order chi connectivity index (χ1) is 10.9. The number of hydrogen-bond donors (Lipinski definition) is 2. The minimum absolute atomic E-state index is 0.431. The van der Waals surface area contributed by atoms with Crippen LogP contribution in [0.3, 0.4) is 0 Å².